The number of aromatic nitrogens is 1. The van der Waals surface area contributed by atoms with Crippen molar-refractivity contribution in [2.75, 3.05) is 6.54 Å². The molecule has 5 heteroatoms. The van der Waals surface area contributed by atoms with Gasteiger partial charge in [-0.15, -0.1) is 11.3 Å². The second-order valence-corrected chi connectivity index (χ2v) is 7.92. The molecule has 1 saturated heterocycles. The molecule has 4 nitrogen and oxygen atoms in total. The van der Waals surface area contributed by atoms with E-state index in [1.54, 1.807) is 12.1 Å². The molecular weight excluding hydrogens is 332 g/mol. The van der Waals surface area contributed by atoms with Crippen LogP contribution in [-0.4, -0.2) is 33.5 Å². The van der Waals surface area contributed by atoms with Crippen molar-refractivity contribution < 1.29 is 9.90 Å². The van der Waals surface area contributed by atoms with E-state index < -0.39 is 0 Å². The summed E-state index contributed by atoms with van der Waals surface area (Å²) in [5, 5.41) is 10.4. The van der Waals surface area contributed by atoms with Crippen molar-refractivity contribution in [3.63, 3.8) is 0 Å². The fourth-order valence-electron chi connectivity index (χ4n) is 3.57. The number of hydrogen-bond acceptors (Lipinski definition) is 4. The molecule has 0 aliphatic carbocycles. The lowest BCUT2D eigenvalue weighted by Crippen LogP contribution is -2.44. The molecule has 3 rings (SSSR count). The highest BCUT2D eigenvalue weighted by Gasteiger charge is 2.29. The number of piperidine rings is 1. The maximum absolute atomic E-state index is 13.1. The van der Waals surface area contributed by atoms with Crippen LogP contribution < -0.4 is 0 Å². The standard InChI is InChI=1S/C20H26N2O2S/c1-3-18-19(25-14(2)21-18)20(24)22-13-5-4-6-16(22)10-7-15-8-11-17(23)12-9-15/h8-9,11-12,16,23H,3-7,10,13H2,1-2H3. The average molecular weight is 359 g/mol. The molecule has 0 bridgehead atoms. The summed E-state index contributed by atoms with van der Waals surface area (Å²) in [5.41, 5.74) is 2.15. The van der Waals surface area contributed by atoms with Gasteiger partial charge in [-0.05, 0) is 63.1 Å². The smallest absolute Gasteiger partial charge is 0.266 e. The zero-order valence-electron chi connectivity index (χ0n) is 15.0. The summed E-state index contributed by atoms with van der Waals surface area (Å²) >= 11 is 1.53. The minimum Gasteiger partial charge on any atom is -0.508 e. The van der Waals surface area contributed by atoms with Crippen molar-refractivity contribution >= 4 is 17.2 Å². The molecule has 1 aliphatic heterocycles. The highest BCUT2D eigenvalue weighted by atomic mass is 32.1. The minimum absolute atomic E-state index is 0.165. The largest absolute Gasteiger partial charge is 0.508 e. The fourth-order valence-corrected chi connectivity index (χ4v) is 4.53. The van der Waals surface area contributed by atoms with Crippen molar-refractivity contribution in [2.24, 2.45) is 0 Å². The number of aromatic hydroxyl groups is 1. The summed E-state index contributed by atoms with van der Waals surface area (Å²) < 4.78 is 0. The van der Waals surface area contributed by atoms with E-state index in [2.05, 4.69) is 16.8 Å². The molecule has 1 unspecified atom stereocenters. The highest BCUT2D eigenvalue weighted by molar-refractivity contribution is 7.13. The fraction of sp³-hybridized carbons (Fsp3) is 0.500. The second kappa shape index (κ2) is 8.00. The van der Waals surface area contributed by atoms with E-state index in [0.29, 0.717) is 11.8 Å². The third-order valence-electron chi connectivity index (χ3n) is 4.92. The Morgan fingerprint density at radius 1 is 1.32 bits per heavy atom. The Bertz CT molecular complexity index is 724. The molecule has 1 amide bonds. The van der Waals surface area contributed by atoms with Crippen LogP contribution in [0.15, 0.2) is 24.3 Å². The molecule has 2 aromatic rings. The molecule has 134 valence electrons. The number of nitrogens with zero attached hydrogens (tertiary/aromatic N) is 2. The van der Waals surface area contributed by atoms with E-state index in [9.17, 15) is 9.90 Å². The SMILES string of the molecule is CCc1nc(C)sc1C(=O)N1CCCCC1CCc1ccc(O)cc1. The van der Waals surface area contributed by atoms with Gasteiger partial charge in [-0.3, -0.25) is 4.79 Å². The molecule has 1 N–H and O–H groups in total. The quantitative estimate of drug-likeness (QED) is 0.865. The van der Waals surface area contributed by atoms with Crippen molar-refractivity contribution in [3.8, 4) is 5.75 Å². The number of amides is 1. The first-order valence-corrected chi connectivity index (χ1v) is 9.95. The van der Waals surface area contributed by atoms with Crippen LogP contribution in [0.25, 0.3) is 0 Å². The predicted octanol–water partition coefficient (Wildman–Crippen LogP) is 4.35. The molecule has 1 aromatic carbocycles. The summed E-state index contributed by atoms with van der Waals surface area (Å²) in [5.74, 6) is 0.462. The number of phenolic OH excluding ortho intramolecular Hbond substituents is 1. The number of benzene rings is 1. The number of thiazole rings is 1. The van der Waals surface area contributed by atoms with Gasteiger partial charge in [-0.1, -0.05) is 19.1 Å². The minimum atomic E-state index is 0.165. The van der Waals surface area contributed by atoms with E-state index in [-0.39, 0.29) is 5.91 Å². The normalized spacial score (nSPS) is 17.7. The summed E-state index contributed by atoms with van der Waals surface area (Å²) in [6.45, 7) is 4.88. The Balaban J connectivity index is 1.71. The van der Waals surface area contributed by atoms with Crippen molar-refractivity contribution in [2.45, 2.75) is 58.4 Å². The molecule has 0 saturated carbocycles. The third-order valence-corrected chi connectivity index (χ3v) is 5.93. The van der Waals surface area contributed by atoms with Crippen LogP contribution in [0.5, 0.6) is 5.75 Å². The first kappa shape index (κ1) is 17.9. The zero-order chi connectivity index (χ0) is 17.8. The summed E-state index contributed by atoms with van der Waals surface area (Å²) in [4.78, 5) is 20.6. The van der Waals surface area contributed by atoms with E-state index in [4.69, 9.17) is 0 Å². The Hall–Kier alpha value is -1.88. The molecular formula is C20H26N2O2S. The summed E-state index contributed by atoms with van der Waals surface area (Å²) in [6, 6.07) is 7.68. The average Bonchev–Trinajstić information content (AvgIpc) is 3.02. The monoisotopic (exact) mass is 358 g/mol. The van der Waals surface area contributed by atoms with Gasteiger partial charge in [-0.2, -0.15) is 0 Å². The van der Waals surface area contributed by atoms with Gasteiger partial charge in [0, 0.05) is 12.6 Å². The van der Waals surface area contributed by atoms with Crippen LogP contribution in [0.4, 0.5) is 0 Å². The van der Waals surface area contributed by atoms with Gasteiger partial charge in [0.15, 0.2) is 0 Å². The molecule has 1 aromatic heterocycles. The highest BCUT2D eigenvalue weighted by Crippen LogP contribution is 2.27. The van der Waals surface area contributed by atoms with Crippen molar-refractivity contribution in [1.29, 1.82) is 0 Å². The van der Waals surface area contributed by atoms with Crippen LogP contribution in [0.3, 0.4) is 0 Å². The van der Waals surface area contributed by atoms with Gasteiger partial charge < -0.3 is 10.0 Å². The lowest BCUT2D eigenvalue weighted by atomic mass is 9.95. The van der Waals surface area contributed by atoms with E-state index in [1.165, 1.54) is 23.3 Å². The molecule has 1 aliphatic rings. The van der Waals surface area contributed by atoms with E-state index >= 15 is 0 Å². The first-order chi connectivity index (χ1) is 12.1. The van der Waals surface area contributed by atoms with Gasteiger partial charge in [0.25, 0.3) is 5.91 Å². The van der Waals surface area contributed by atoms with Crippen LogP contribution in [0.1, 0.15) is 58.5 Å². The van der Waals surface area contributed by atoms with Crippen LogP contribution in [0, 0.1) is 6.92 Å². The van der Waals surface area contributed by atoms with Crippen LogP contribution in [0.2, 0.25) is 0 Å². The maximum atomic E-state index is 13.1. The second-order valence-electron chi connectivity index (χ2n) is 6.72. The molecule has 25 heavy (non-hydrogen) atoms. The Kier molecular flexibility index (Phi) is 5.74. The lowest BCUT2D eigenvalue weighted by Gasteiger charge is -2.36. The molecule has 0 radical (unpaired) electrons. The van der Waals surface area contributed by atoms with Crippen molar-refractivity contribution in [3.05, 3.63) is 45.4 Å². The van der Waals surface area contributed by atoms with Crippen molar-refractivity contribution in [1.82, 2.24) is 9.88 Å². The third kappa shape index (κ3) is 4.21. The maximum Gasteiger partial charge on any atom is 0.266 e. The number of hydrogen-bond donors (Lipinski definition) is 1. The summed E-state index contributed by atoms with van der Waals surface area (Å²) in [7, 11) is 0. The van der Waals surface area contributed by atoms with Gasteiger partial charge in [0.1, 0.15) is 10.6 Å². The summed E-state index contributed by atoms with van der Waals surface area (Å²) in [6.07, 6.45) is 6.04. The molecule has 1 atom stereocenters. The lowest BCUT2D eigenvalue weighted by molar-refractivity contribution is 0.0605. The Morgan fingerprint density at radius 3 is 2.80 bits per heavy atom. The predicted molar refractivity (Wildman–Crippen MR) is 101 cm³/mol. The number of phenols is 1. The van der Waals surface area contributed by atoms with Crippen LogP contribution in [-0.2, 0) is 12.8 Å². The number of carbonyl (C=O) groups excluding carboxylic acids is 1. The van der Waals surface area contributed by atoms with Gasteiger partial charge in [0.2, 0.25) is 0 Å². The number of carbonyl (C=O) groups is 1. The molecule has 2 heterocycles. The Labute approximate surface area is 153 Å². The van der Waals surface area contributed by atoms with Gasteiger partial charge in [0.05, 0.1) is 10.7 Å². The number of aryl methyl sites for hydroxylation is 3. The van der Waals surface area contributed by atoms with Crippen LogP contribution >= 0.6 is 11.3 Å². The zero-order valence-corrected chi connectivity index (χ0v) is 15.8. The molecule has 0 spiro atoms. The van der Waals surface area contributed by atoms with Gasteiger partial charge in [-0.25, -0.2) is 4.98 Å². The van der Waals surface area contributed by atoms with E-state index in [0.717, 1.165) is 54.2 Å². The topological polar surface area (TPSA) is 53.4 Å². The number of likely N-dealkylation sites (tertiary alicyclic amines) is 1. The molecule has 1 fully saturated rings. The first-order valence-electron chi connectivity index (χ1n) is 9.13. The Morgan fingerprint density at radius 2 is 2.08 bits per heavy atom. The number of rotatable bonds is 5. The van der Waals surface area contributed by atoms with E-state index in [1.807, 2.05) is 19.1 Å². The van der Waals surface area contributed by atoms with Gasteiger partial charge >= 0.3 is 0 Å².